The van der Waals surface area contributed by atoms with Gasteiger partial charge in [-0.1, -0.05) is 38.5 Å². The second-order valence-electron chi connectivity index (χ2n) is 9.34. The molecule has 0 aliphatic heterocycles. The van der Waals surface area contributed by atoms with E-state index in [2.05, 4.69) is 4.99 Å². The zero-order valence-electron chi connectivity index (χ0n) is 20.2. The predicted molar refractivity (Wildman–Crippen MR) is 132 cm³/mol. The summed E-state index contributed by atoms with van der Waals surface area (Å²) in [4.78, 5) is 31.4. The first-order valence-electron chi connectivity index (χ1n) is 12.3. The van der Waals surface area contributed by atoms with Crippen molar-refractivity contribution in [2.75, 3.05) is 14.2 Å². The number of ether oxygens (including phenoxy) is 2. The number of methoxy groups -OCH3 is 2. The minimum Gasteiger partial charge on any atom is -0.497 e. The van der Waals surface area contributed by atoms with Crippen molar-refractivity contribution in [3.05, 3.63) is 50.2 Å². The van der Waals surface area contributed by atoms with Gasteiger partial charge in [-0.25, -0.2) is 4.79 Å². The standard InChI is InChI=1S/C26H35N3O5/c1-33-21-13-18(14-22(15-21)34-2)16-27-17-23-24(30)28(19-9-5-3-6-10-19)26(32)29(25(23)31)20-11-7-4-8-12-20/h13-15,17,19-20,30H,3-12,16H2,1-2H3. The lowest BCUT2D eigenvalue weighted by molar-refractivity contribution is 0.271. The van der Waals surface area contributed by atoms with E-state index in [1.165, 1.54) is 15.3 Å². The van der Waals surface area contributed by atoms with Gasteiger partial charge in [0.25, 0.3) is 5.56 Å². The Morgan fingerprint density at radius 1 is 0.882 bits per heavy atom. The van der Waals surface area contributed by atoms with Gasteiger partial charge in [0.15, 0.2) is 0 Å². The minimum atomic E-state index is -0.451. The Bertz CT molecular complexity index is 1120. The zero-order valence-corrected chi connectivity index (χ0v) is 20.2. The first-order chi connectivity index (χ1) is 16.5. The van der Waals surface area contributed by atoms with Crippen LogP contribution in [0.5, 0.6) is 17.4 Å². The first kappa shape index (κ1) is 24.1. The van der Waals surface area contributed by atoms with Gasteiger partial charge in [0.2, 0.25) is 5.88 Å². The molecule has 0 amide bonds. The molecule has 8 nitrogen and oxygen atoms in total. The number of hydrogen-bond acceptors (Lipinski definition) is 6. The van der Waals surface area contributed by atoms with Crippen molar-refractivity contribution in [1.29, 1.82) is 0 Å². The number of aromatic hydroxyl groups is 1. The third-order valence-corrected chi connectivity index (χ3v) is 7.12. The summed E-state index contributed by atoms with van der Waals surface area (Å²) < 4.78 is 13.5. The molecule has 184 valence electrons. The monoisotopic (exact) mass is 469 g/mol. The quantitative estimate of drug-likeness (QED) is 0.608. The topological polar surface area (TPSA) is 95.0 Å². The van der Waals surface area contributed by atoms with Crippen LogP contribution in [0.2, 0.25) is 0 Å². The van der Waals surface area contributed by atoms with Crippen molar-refractivity contribution in [1.82, 2.24) is 9.13 Å². The van der Waals surface area contributed by atoms with Gasteiger partial charge in [-0.15, -0.1) is 0 Å². The average Bonchev–Trinajstić information content (AvgIpc) is 2.87. The van der Waals surface area contributed by atoms with Crippen LogP contribution in [0, 0.1) is 0 Å². The molecule has 1 aromatic carbocycles. The molecular weight excluding hydrogens is 434 g/mol. The lowest BCUT2D eigenvalue weighted by Gasteiger charge is -2.29. The summed E-state index contributed by atoms with van der Waals surface area (Å²) in [7, 11) is 3.17. The highest BCUT2D eigenvalue weighted by Gasteiger charge is 2.28. The van der Waals surface area contributed by atoms with E-state index < -0.39 is 5.56 Å². The van der Waals surface area contributed by atoms with Crippen molar-refractivity contribution < 1.29 is 14.6 Å². The third kappa shape index (κ3) is 5.05. The summed E-state index contributed by atoms with van der Waals surface area (Å²) in [6, 6.07) is 5.26. The average molecular weight is 470 g/mol. The Morgan fingerprint density at radius 3 is 1.94 bits per heavy atom. The van der Waals surface area contributed by atoms with Crippen LogP contribution in [0.15, 0.2) is 32.8 Å². The van der Waals surface area contributed by atoms with E-state index in [9.17, 15) is 14.7 Å². The van der Waals surface area contributed by atoms with Crippen LogP contribution in [-0.4, -0.2) is 34.7 Å². The van der Waals surface area contributed by atoms with Gasteiger partial charge in [-0.3, -0.25) is 18.9 Å². The molecule has 0 radical (unpaired) electrons. The van der Waals surface area contributed by atoms with Gasteiger partial charge in [0, 0.05) is 24.4 Å². The second-order valence-corrected chi connectivity index (χ2v) is 9.34. The summed E-state index contributed by atoms with van der Waals surface area (Å²) in [5, 5.41) is 11.1. The number of aromatic nitrogens is 2. The lowest BCUT2D eigenvalue weighted by atomic mass is 9.94. The molecule has 2 aliphatic carbocycles. The summed E-state index contributed by atoms with van der Waals surface area (Å²) in [5.74, 6) is 1.04. The molecule has 0 spiro atoms. The molecule has 2 fully saturated rings. The molecule has 1 N–H and O–H groups in total. The molecule has 0 unspecified atom stereocenters. The maximum atomic E-state index is 13.5. The van der Waals surface area contributed by atoms with E-state index in [1.54, 1.807) is 20.3 Å². The zero-order chi connectivity index (χ0) is 24.1. The fourth-order valence-corrected chi connectivity index (χ4v) is 5.29. The smallest absolute Gasteiger partial charge is 0.334 e. The SMILES string of the molecule is COc1cc(CN=Cc2c(O)n(C3CCCCC3)c(=O)n(C3CCCCC3)c2=O)cc(OC)c1. The molecule has 2 aliphatic rings. The van der Waals surface area contributed by atoms with E-state index >= 15 is 0 Å². The Hall–Kier alpha value is -3.03. The van der Waals surface area contributed by atoms with Gasteiger partial charge in [0.1, 0.15) is 17.1 Å². The second kappa shape index (κ2) is 10.9. The van der Waals surface area contributed by atoms with E-state index in [0.29, 0.717) is 11.5 Å². The van der Waals surface area contributed by atoms with Crippen LogP contribution in [0.3, 0.4) is 0 Å². The minimum absolute atomic E-state index is 0.0885. The van der Waals surface area contributed by atoms with Gasteiger partial charge in [0.05, 0.1) is 20.8 Å². The molecule has 2 saturated carbocycles. The summed E-state index contributed by atoms with van der Waals surface area (Å²) in [6.07, 6.45) is 11.0. The van der Waals surface area contributed by atoms with Crippen LogP contribution in [-0.2, 0) is 6.54 Å². The molecule has 1 aromatic heterocycles. The Morgan fingerprint density at radius 2 is 1.41 bits per heavy atom. The molecule has 4 rings (SSSR count). The first-order valence-corrected chi connectivity index (χ1v) is 12.3. The largest absolute Gasteiger partial charge is 0.497 e. The van der Waals surface area contributed by atoms with Crippen molar-refractivity contribution >= 4 is 6.21 Å². The van der Waals surface area contributed by atoms with Crippen molar-refractivity contribution in [2.45, 2.75) is 82.8 Å². The highest BCUT2D eigenvalue weighted by molar-refractivity contribution is 5.82. The van der Waals surface area contributed by atoms with Gasteiger partial charge < -0.3 is 14.6 Å². The molecule has 8 heteroatoms. The van der Waals surface area contributed by atoms with E-state index in [-0.39, 0.29) is 35.8 Å². The highest BCUT2D eigenvalue weighted by Crippen LogP contribution is 2.31. The van der Waals surface area contributed by atoms with Crippen molar-refractivity contribution in [2.24, 2.45) is 4.99 Å². The van der Waals surface area contributed by atoms with Crippen LogP contribution in [0.25, 0.3) is 0 Å². The van der Waals surface area contributed by atoms with Crippen LogP contribution >= 0.6 is 0 Å². The fourth-order valence-electron chi connectivity index (χ4n) is 5.29. The summed E-state index contributed by atoms with van der Waals surface area (Å²) >= 11 is 0. The van der Waals surface area contributed by atoms with Crippen molar-refractivity contribution in [3.63, 3.8) is 0 Å². The van der Waals surface area contributed by atoms with Crippen molar-refractivity contribution in [3.8, 4) is 17.4 Å². The molecule has 0 atom stereocenters. The highest BCUT2D eigenvalue weighted by atomic mass is 16.5. The summed E-state index contributed by atoms with van der Waals surface area (Å²) in [6.45, 7) is 0.276. The molecule has 0 saturated heterocycles. The lowest BCUT2D eigenvalue weighted by Crippen LogP contribution is -2.45. The third-order valence-electron chi connectivity index (χ3n) is 7.12. The summed E-state index contributed by atoms with van der Waals surface area (Å²) in [5.41, 5.74) is 0.107. The molecular formula is C26H35N3O5. The molecule has 1 heterocycles. The number of benzene rings is 1. The Balaban J connectivity index is 1.74. The maximum Gasteiger partial charge on any atom is 0.334 e. The van der Waals surface area contributed by atoms with Crippen LogP contribution in [0.4, 0.5) is 0 Å². The number of hydrogen-bond donors (Lipinski definition) is 1. The van der Waals surface area contributed by atoms with Gasteiger partial charge in [-0.05, 0) is 43.4 Å². The molecule has 2 aromatic rings. The van der Waals surface area contributed by atoms with E-state index in [1.807, 2.05) is 12.1 Å². The predicted octanol–water partition coefficient (Wildman–Crippen LogP) is 4.36. The number of aliphatic imine (C=N–C) groups is 1. The van der Waals surface area contributed by atoms with E-state index in [0.717, 1.165) is 69.8 Å². The molecule has 0 bridgehead atoms. The Labute approximate surface area is 199 Å². The maximum absolute atomic E-state index is 13.5. The Kier molecular flexibility index (Phi) is 7.75. The number of nitrogens with zero attached hydrogens (tertiary/aromatic N) is 3. The normalized spacial score (nSPS) is 17.8. The molecule has 34 heavy (non-hydrogen) atoms. The fraction of sp³-hybridized carbons (Fsp3) is 0.577. The van der Waals surface area contributed by atoms with Gasteiger partial charge in [-0.2, -0.15) is 0 Å². The number of rotatable bonds is 7. The van der Waals surface area contributed by atoms with Gasteiger partial charge >= 0.3 is 5.69 Å². The van der Waals surface area contributed by atoms with E-state index in [4.69, 9.17) is 9.47 Å². The van der Waals surface area contributed by atoms with Crippen LogP contribution < -0.4 is 20.7 Å². The van der Waals surface area contributed by atoms with Crippen LogP contribution in [0.1, 0.15) is 87.4 Å².